The molecule has 2 aromatic rings. The summed E-state index contributed by atoms with van der Waals surface area (Å²) in [7, 11) is 0. The van der Waals surface area contributed by atoms with Gasteiger partial charge in [-0.15, -0.1) is 11.3 Å². The van der Waals surface area contributed by atoms with E-state index in [0.717, 1.165) is 17.7 Å². The molecule has 1 aromatic carbocycles. The first-order valence-corrected chi connectivity index (χ1v) is 8.65. The Morgan fingerprint density at radius 1 is 1.39 bits per heavy atom. The van der Waals surface area contributed by atoms with Gasteiger partial charge < -0.3 is 14.8 Å². The number of benzene rings is 1. The molecule has 1 amide bonds. The second-order valence-corrected chi connectivity index (χ2v) is 6.25. The second kappa shape index (κ2) is 8.19. The van der Waals surface area contributed by atoms with Crippen LogP contribution in [-0.4, -0.2) is 36.3 Å². The number of rotatable bonds is 6. The largest absolute Gasteiger partial charge is 0.379 e. The van der Waals surface area contributed by atoms with E-state index in [9.17, 15) is 4.79 Å². The molecule has 0 spiro atoms. The van der Waals surface area contributed by atoms with Gasteiger partial charge >= 0.3 is 0 Å². The number of nitrogens with one attached hydrogen (secondary N) is 1. The van der Waals surface area contributed by atoms with Crippen LogP contribution >= 0.6 is 11.3 Å². The Kier molecular flexibility index (Phi) is 5.74. The van der Waals surface area contributed by atoms with Crippen LogP contribution in [0.4, 0.5) is 0 Å². The van der Waals surface area contributed by atoms with Crippen molar-refractivity contribution in [2.45, 2.75) is 31.6 Å². The second-order valence-electron chi connectivity index (χ2n) is 5.53. The van der Waals surface area contributed by atoms with Crippen LogP contribution in [0.25, 0.3) is 0 Å². The summed E-state index contributed by atoms with van der Waals surface area (Å²) >= 11 is 1.49. The van der Waals surface area contributed by atoms with Crippen molar-refractivity contribution in [3.8, 4) is 0 Å². The molecule has 2 heterocycles. The first kappa shape index (κ1) is 16.1. The van der Waals surface area contributed by atoms with E-state index >= 15 is 0 Å². The molecule has 23 heavy (non-hydrogen) atoms. The maximum Gasteiger partial charge on any atom is 0.226 e. The number of ether oxygens (including phenoxy) is 2. The summed E-state index contributed by atoms with van der Waals surface area (Å²) in [5, 5.41) is 4.91. The Labute approximate surface area is 139 Å². The molecule has 1 saturated heterocycles. The molecule has 1 fully saturated rings. The zero-order valence-corrected chi connectivity index (χ0v) is 13.6. The smallest absolute Gasteiger partial charge is 0.226 e. The molecule has 122 valence electrons. The fourth-order valence-corrected chi connectivity index (χ4v) is 3.14. The maximum atomic E-state index is 12.1. The molecule has 0 unspecified atom stereocenters. The molecule has 0 aliphatic carbocycles. The van der Waals surface area contributed by atoms with E-state index in [2.05, 4.69) is 10.3 Å². The molecule has 0 saturated carbocycles. The molecular weight excluding hydrogens is 312 g/mol. The minimum atomic E-state index is -0.112. The van der Waals surface area contributed by atoms with Crippen molar-refractivity contribution in [1.82, 2.24) is 10.3 Å². The molecule has 6 heteroatoms. The highest BCUT2D eigenvalue weighted by Crippen LogP contribution is 2.15. The minimum absolute atomic E-state index is 0.0247. The third kappa shape index (κ3) is 4.86. The van der Waals surface area contributed by atoms with Gasteiger partial charge in [0.25, 0.3) is 0 Å². The lowest BCUT2D eigenvalue weighted by Crippen LogP contribution is -2.50. The van der Waals surface area contributed by atoms with E-state index in [-0.39, 0.29) is 18.1 Å². The number of carbonyl (C=O) groups excluding carboxylic acids is 1. The third-order valence-corrected chi connectivity index (χ3v) is 4.41. The van der Waals surface area contributed by atoms with E-state index in [1.807, 2.05) is 35.7 Å². The summed E-state index contributed by atoms with van der Waals surface area (Å²) in [5.74, 6) is -0.0419. The van der Waals surface area contributed by atoms with Gasteiger partial charge in [-0.25, -0.2) is 4.98 Å². The fraction of sp³-hybridized carbons (Fsp3) is 0.412. The molecule has 1 N–H and O–H groups in total. The topological polar surface area (TPSA) is 60.5 Å². The predicted octanol–water partition coefficient (Wildman–Crippen LogP) is 2.18. The van der Waals surface area contributed by atoms with Crippen LogP contribution in [0.1, 0.15) is 17.7 Å². The van der Waals surface area contributed by atoms with Crippen LogP contribution in [0.5, 0.6) is 0 Å². The standard InChI is InChI=1S/C17H20N2O3S/c20-17(8-14-11-23-12-18-14)19-15-10-21-7-6-16(15)22-9-13-4-2-1-3-5-13/h1-5,11-12,15-16H,6-10H2,(H,19,20)/t15-,16+/m1/s1. The fourth-order valence-electron chi connectivity index (χ4n) is 2.58. The lowest BCUT2D eigenvalue weighted by molar-refractivity contribution is -0.125. The minimum Gasteiger partial charge on any atom is -0.379 e. The number of aromatic nitrogens is 1. The summed E-state index contributed by atoms with van der Waals surface area (Å²) < 4.78 is 11.5. The van der Waals surface area contributed by atoms with Gasteiger partial charge in [0.15, 0.2) is 0 Å². The summed E-state index contributed by atoms with van der Waals surface area (Å²) in [5.41, 5.74) is 3.66. The van der Waals surface area contributed by atoms with E-state index in [0.29, 0.717) is 26.2 Å². The maximum absolute atomic E-state index is 12.1. The summed E-state index contributed by atoms with van der Waals surface area (Å²) in [4.78, 5) is 16.3. The van der Waals surface area contributed by atoms with Gasteiger partial charge in [-0.3, -0.25) is 4.79 Å². The molecule has 0 radical (unpaired) electrons. The lowest BCUT2D eigenvalue weighted by atomic mass is 10.1. The van der Waals surface area contributed by atoms with Crippen LogP contribution in [0.3, 0.4) is 0 Å². The average molecular weight is 332 g/mol. The highest BCUT2D eigenvalue weighted by atomic mass is 32.1. The number of carbonyl (C=O) groups is 1. The third-order valence-electron chi connectivity index (χ3n) is 3.77. The van der Waals surface area contributed by atoms with Crippen molar-refractivity contribution in [2.24, 2.45) is 0 Å². The van der Waals surface area contributed by atoms with Gasteiger partial charge in [-0.05, 0) is 12.0 Å². The summed E-state index contributed by atoms with van der Waals surface area (Å²) in [6, 6.07) is 9.94. The van der Waals surface area contributed by atoms with E-state index in [1.165, 1.54) is 11.3 Å². The Balaban J connectivity index is 1.52. The van der Waals surface area contributed by atoms with Gasteiger partial charge in [-0.1, -0.05) is 30.3 Å². The van der Waals surface area contributed by atoms with E-state index in [1.54, 1.807) is 5.51 Å². The van der Waals surface area contributed by atoms with Crippen LogP contribution in [0, 0.1) is 0 Å². The molecule has 1 aromatic heterocycles. The number of hydrogen-bond acceptors (Lipinski definition) is 5. The average Bonchev–Trinajstić information content (AvgIpc) is 3.08. The van der Waals surface area contributed by atoms with Crippen LogP contribution in [0.2, 0.25) is 0 Å². The predicted molar refractivity (Wildman–Crippen MR) is 88.2 cm³/mol. The molecule has 0 bridgehead atoms. The number of thiazole rings is 1. The first-order chi connectivity index (χ1) is 11.3. The van der Waals surface area contributed by atoms with E-state index < -0.39 is 0 Å². The van der Waals surface area contributed by atoms with Crippen LogP contribution in [0.15, 0.2) is 41.2 Å². The van der Waals surface area contributed by atoms with Crippen molar-refractivity contribution in [1.29, 1.82) is 0 Å². The monoisotopic (exact) mass is 332 g/mol. The van der Waals surface area contributed by atoms with Gasteiger partial charge in [0.2, 0.25) is 5.91 Å². The molecular formula is C17H20N2O3S. The van der Waals surface area contributed by atoms with Gasteiger partial charge in [0, 0.05) is 12.0 Å². The van der Waals surface area contributed by atoms with Crippen molar-refractivity contribution in [3.05, 3.63) is 52.5 Å². The summed E-state index contributed by atoms with van der Waals surface area (Å²) in [6.07, 6.45) is 1.06. The zero-order chi connectivity index (χ0) is 15.9. The normalized spacial score (nSPS) is 21.0. The van der Waals surface area contributed by atoms with Crippen LogP contribution < -0.4 is 5.32 Å². The van der Waals surface area contributed by atoms with Gasteiger partial charge in [0.05, 0.1) is 43.0 Å². The Morgan fingerprint density at radius 3 is 3.04 bits per heavy atom. The van der Waals surface area contributed by atoms with Crippen molar-refractivity contribution in [2.75, 3.05) is 13.2 Å². The number of amides is 1. The molecule has 2 atom stereocenters. The highest BCUT2D eigenvalue weighted by Gasteiger charge is 2.28. The quantitative estimate of drug-likeness (QED) is 0.881. The Bertz CT molecular complexity index is 604. The van der Waals surface area contributed by atoms with Crippen molar-refractivity contribution < 1.29 is 14.3 Å². The number of nitrogens with zero attached hydrogens (tertiary/aromatic N) is 1. The zero-order valence-electron chi connectivity index (χ0n) is 12.8. The highest BCUT2D eigenvalue weighted by molar-refractivity contribution is 7.07. The van der Waals surface area contributed by atoms with Crippen LogP contribution in [-0.2, 0) is 27.3 Å². The Hall–Kier alpha value is -1.76. The Morgan fingerprint density at radius 2 is 2.26 bits per heavy atom. The molecule has 1 aliphatic heterocycles. The lowest BCUT2D eigenvalue weighted by Gasteiger charge is -2.32. The summed E-state index contributed by atoms with van der Waals surface area (Å²) in [6.45, 7) is 1.70. The molecule has 5 nitrogen and oxygen atoms in total. The van der Waals surface area contributed by atoms with Gasteiger partial charge in [-0.2, -0.15) is 0 Å². The SMILES string of the molecule is O=C(Cc1cscn1)N[C@@H]1COCC[C@@H]1OCc1ccccc1. The molecule has 3 rings (SSSR count). The molecule has 1 aliphatic rings. The van der Waals surface area contributed by atoms with Gasteiger partial charge in [0.1, 0.15) is 0 Å². The van der Waals surface area contributed by atoms with Crippen molar-refractivity contribution >= 4 is 17.2 Å². The number of hydrogen-bond donors (Lipinski definition) is 1. The van der Waals surface area contributed by atoms with Crippen molar-refractivity contribution in [3.63, 3.8) is 0 Å². The first-order valence-electron chi connectivity index (χ1n) is 7.71. The van der Waals surface area contributed by atoms with E-state index in [4.69, 9.17) is 9.47 Å².